The summed E-state index contributed by atoms with van der Waals surface area (Å²) in [4.78, 5) is 26.4. The third kappa shape index (κ3) is 2.96. The Labute approximate surface area is 132 Å². The maximum absolute atomic E-state index is 12.1. The summed E-state index contributed by atoms with van der Waals surface area (Å²) < 4.78 is 5.33. The monoisotopic (exact) mass is 312 g/mol. The van der Waals surface area contributed by atoms with Crippen molar-refractivity contribution in [2.75, 3.05) is 0 Å². The number of carboxylic acids is 1. The Kier molecular flexibility index (Phi) is 3.89. The Morgan fingerprint density at radius 3 is 2.70 bits per heavy atom. The molecule has 3 aromatic rings. The summed E-state index contributed by atoms with van der Waals surface area (Å²) in [5.74, 6) is -1.23. The van der Waals surface area contributed by atoms with Crippen LogP contribution in [0.2, 0.25) is 0 Å². The molecule has 0 fully saturated rings. The minimum atomic E-state index is -1.10. The lowest BCUT2D eigenvalue weighted by Gasteiger charge is -2.00. The normalized spacial score (nSPS) is 10.8. The first-order valence-electron chi connectivity index (χ1n) is 7.29. The van der Waals surface area contributed by atoms with Crippen LogP contribution in [0.25, 0.3) is 10.9 Å². The first kappa shape index (κ1) is 14.9. The SMILES string of the molecule is CCc1oc(C(=O)NCc2cc3ccccc3[nH]2)cc1C(=O)O. The van der Waals surface area contributed by atoms with Crippen LogP contribution in [-0.4, -0.2) is 22.0 Å². The Bertz CT molecular complexity index is 843. The van der Waals surface area contributed by atoms with Crippen LogP contribution < -0.4 is 5.32 Å². The number of aromatic nitrogens is 1. The first-order chi connectivity index (χ1) is 11.1. The van der Waals surface area contributed by atoms with Gasteiger partial charge in [0.15, 0.2) is 5.76 Å². The molecule has 0 radical (unpaired) electrons. The first-order valence-corrected chi connectivity index (χ1v) is 7.29. The molecule has 2 aromatic heterocycles. The number of aromatic amines is 1. The summed E-state index contributed by atoms with van der Waals surface area (Å²) in [7, 11) is 0. The number of nitrogens with one attached hydrogen (secondary N) is 2. The molecule has 0 aliphatic rings. The molecule has 0 saturated carbocycles. The predicted molar refractivity (Wildman–Crippen MR) is 84.5 cm³/mol. The molecule has 6 nitrogen and oxygen atoms in total. The molecular weight excluding hydrogens is 296 g/mol. The molecule has 23 heavy (non-hydrogen) atoms. The molecule has 0 bridgehead atoms. The number of benzene rings is 1. The van der Waals surface area contributed by atoms with Gasteiger partial charge in [-0.15, -0.1) is 0 Å². The lowest BCUT2D eigenvalue weighted by atomic mass is 10.2. The molecule has 118 valence electrons. The van der Waals surface area contributed by atoms with E-state index in [1.54, 1.807) is 6.92 Å². The van der Waals surface area contributed by atoms with E-state index in [0.29, 0.717) is 18.7 Å². The highest BCUT2D eigenvalue weighted by molar-refractivity contribution is 5.96. The molecule has 0 saturated heterocycles. The van der Waals surface area contributed by atoms with E-state index in [1.165, 1.54) is 6.07 Å². The van der Waals surface area contributed by atoms with Crippen molar-refractivity contribution >= 4 is 22.8 Å². The Hall–Kier alpha value is -3.02. The van der Waals surface area contributed by atoms with E-state index in [0.717, 1.165) is 16.6 Å². The fourth-order valence-corrected chi connectivity index (χ4v) is 2.48. The van der Waals surface area contributed by atoms with Crippen LogP contribution in [0.15, 0.2) is 40.8 Å². The molecule has 0 aliphatic carbocycles. The van der Waals surface area contributed by atoms with Crippen molar-refractivity contribution in [1.82, 2.24) is 10.3 Å². The van der Waals surface area contributed by atoms with E-state index in [-0.39, 0.29) is 11.3 Å². The molecule has 0 unspecified atom stereocenters. The number of para-hydroxylation sites is 1. The van der Waals surface area contributed by atoms with Crippen molar-refractivity contribution in [3.8, 4) is 0 Å². The number of hydrogen-bond acceptors (Lipinski definition) is 3. The van der Waals surface area contributed by atoms with Gasteiger partial charge in [-0.25, -0.2) is 4.79 Å². The predicted octanol–water partition coefficient (Wildman–Crippen LogP) is 2.95. The smallest absolute Gasteiger partial charge is 0.339 e. The van der Waals surface area contributed by atoms with Gasteiger partial charge in [0.25, 0.3) is 5.91 Å². The minimum Gasteiger partial charge on any atom is -0.478 e. The van der Waals surface area contributed by atoms with E-state index in [9.17, 15) is 9.59 Å². The van der Waals surface area contributed by atoms with Crippen LogP contribution >= 0.6 is 0 Å². The Morgan fingerprint density at radius 2 is 2.04 bits per heavy atom. The summed E-state index contributed by atoms with van der Waals surface area (Å²) in [6, 6.07) is 11.0. The van der Waals surface area contributed by atoms with Crippen molar-refractivity contribution in [1.29, 1.82) is 0 Å². The fourth-order valence-electron chi connectivity index (χ4n) is 2.48. The largest absolute Gasteiger partial charge is 0.478 e. The van der Waals surface area contributed by atoms with Crippen molar-refractivity contribution < 1.29 is 19.1 Å². The number of carboxylic acid groups (broad SMARTS) is 1. The Balaban J connectivity index is 1.73. The number of H-pyrrole nitrogens is 1. The van der Waals surface area contributed by atoms with Gasteiger partial charge in [-0.05, 0) is 17.5 Å². The third-order valence-electron chi connectivity index (χ3n) is 3.61. The fraction of sp³-hybridized carbons (Fsp3) is 0.176. The maximum Gasteiger partial charge on any atom is 0.339 e. The number of amides is 1. The highest BCUT2D eigenvalue weighted by Crippen LogP contribution is 2.17. The van der Waals surface area contributed by atoms with Crippen LogP contribution in [-0.2, 0) is 13.0 Å². The number of aryl methyl sites for hydroxylation is 1. The quantitative estimate of drug-likeness (QED) is 0.675. The number of hydrogen-bond donors (Lipinski definition) is 3. The zero-order chi connectivity index (χ0) is 16.4. The van der Waals surface area contributed by atoms with E-state index >= 15 is 0 Å². The number of fused-ring (bicyclic) bond motifs is 1. The van der Waals surface area contributed by atoms with Crippen molar-refractivity contribution in [2.24, 2.45) is 0 Å². The van der Waals surface area contributed by atoms with Gasteiger partial charge in [0.2, 0.25) is 0 Å². The zero-order valence-electron chi connectivity index (χ0n) is 12.6. The van der Waals surface area contributed by atoms with Gasteiger partial charge in [-0.2, -0.15) is 0 Å². The van der Waals surface area contributed by atoms with Crippen molar-refractivity contribution in [3.63, 3.8) is 0 Å². The second kappa shape index (κ2) is 6.00. The summed E-state index contributed by atoms with van der Waals surface area (Å²) in [6.07, 6.45) is 0.414. The van der Waals surface area contributed by atoms with Gasteiger partial charge < -0.3 is 19.8 Å². The number of carbonyl (C=O) groups is 2. The topological polar surface area (TPSA) is 95.3 Å². The van der Waals surface area contributed by atoms with Crippen molar-refractivity contribution in [3.05, 3.63) is 59.2 Å². The number of furan rings is 1. The standard InChI is InChI=1S/C17H16N2O4/c1-2-14-12(17(21)22)8-15(23-14)16(20)18-9-11-7-10-5-3-4-6-13(10)19-11/h3-8,19H,2,9H2,1H3,(H,18,20)(H,21,22). The average molecular weight is 312 g/mol. The lowest BCUT2D eigenvalue weighted by Crippen LogP contribution is -2.22. The lowest BCUT2D eigenvalue weighted by molar-refractivity contribution is 0.0694. The van der Waals surface area contributed by atoms with Gasteiger partial charge in [0.05, 0.1) is 6.54 Å². The van der Waals surface area contributed by atoms with E-state index < -0.39 is 11.9 Å². The molecule has 0 aliphatic heterocycles. The Morgan fingerprint density at radius 1 is 1.26 bits per heavy atom. The molecule has 1 amide bonds. The number of aromatic carboxylic acids is 1. The van der Waals surface area contributed by atoms with Gasteiger partial charge in [-0.1, -0.05) is 25.1 Å². The molecule has 0 spiro atoms. The second-order valence-corrected chi connectivity index (χ2v) is 5.17. The van der Waals surface area contributed by atoms with Gasteiger partial charge in [-0.3, -0.25) is 4.79 Å². The average Bonchev–Trinajstić information content (AvgIpc) is 3.15. The third-order valence-corrected chi connectivity index (χ3v) is 3.61. The van der Waals surface area contributed by atoms with Gasteiger partial charge in [0, 0.05) is 23.7 Å². The second-order valence-electron chi connectivity index (χ2n) is 5.17. The van der Waals surface area contributed by atoms with Crippen molar-refractivity contribution in [2.45, 2.75) is 19.9 Å². The van der Waals surface area contributed by atoms with E-state index in [4.69, 9.17) is 9.52 Å². The van der Waals surface area contributed by atoms with Gasteiger partial charge in [0.1, 0.15) is 11.3 Å². The summed E-state index contributed by atoms with van der Waals surface area (Å²) >= 11 is 0. The van der Waals surface area contributed by atoms with E-state index in [2.05, 4.69) is 10.3 Å². The van der Waals surface area contributed by atoms with E-state index in [1.807, 2.05) is 30.3 Å². The van der Waals surface area contributed by atoms with Gasteiger partial charge >= 0.3 is 5.97 Å². The highest BCUT2D eigenvalue weighted by Gasteiger charge is 2.19. The molecule has 6 heteroatoms. The molecule has 3 N–H and O–H groups in total. The molecule has 0 atom stereocenters. The minimum absolute atomic E-state index is 0.00959. The van der Waals surface area contributed by atoms with Crippen LogP contribution in [0, 0.1) is 0 Å². The van der Waals surface area contributed by atoms with Crippen LogP contribution in [0.3, 0.4) is 0 Å². The summed E-state index contributed by atoms with van der Waals surface area (Å²) in [6.45, 7) is 2.08. The molecule has 3 rings (SSSR count). The highest BCUT2D eigenvalue weighted by atomic mass is 16.4. The van der Waals surface area contributed by atoms with Crippen LogP contribution in [0.4, 0.5) is 0 Å². The van der Waals surface area contributed by atoms with Crippen LogP contribution in [0.1, 0.15) is 39.3 Å². The zero-order valence-corrected chi connectivity index (χ0v) is 12.6. The maximum atomic E-state index is 12.1. The number of carbonyl (C=O) groups excluding carboxylic acids is 1. The molecule has 2 heterocycles. The summed E-state index contributed by atoms with van der Waals surface area (Å²) in [5, 5.41) is 12.9. The van der Waals surface area contributed by atoms with Crippen LogP contribution in [0.5, 0.6) is 0 Å². The number of rotatable bonds is 5. The molecule has 1 aromatic carbocycles. The molecular formula is C17H16N2O4. The summed E-state index contributed by atoms with van der Waals surface area (Å²) in [5.41, 5.74) is 1.89.